The zero-order chi connectivity index (χ0) is 14.7. The van der Waals surface area contributed by atoms with Gasteiger partial charge in [-0.25, -0.2) is 0 Å². The highest BCUT2D eigenvalue weighted by Gasteiger charge is 2.32. The summed E-state index contributed by atoms with van der Waals surface area (Å²) in [6, 6.07) is 9.94. The molecule has 0 aromatic heterocycles. The standard InChI is InChI=1S/C17H21N3O/c18-12-14-1-3-15(4-2-14)19-17(21)11-13-7-9-20(10-8-13)16-5-6-16/h1-4,13,16H,5-11H2,(H,19,21). The van der Waals surface area contributed by atoms with Crippen LogP contribution in [0.3, 0.4) is 0 Å². The Kier molecular flexibility index (Phi) is 4.21. The van der Waals surface area contributed by atoms with Crippen LogP contribution in [0.15, 0.2) is 24.3 Å². The largest absolute Gasteiger partial charge is 0.326 e. The Balaban J connectivity index is 1.44. The second-order valence-corrected chi connectivity index (χ2v) is 6.15. The molecule has 3 rings (SSSR count). The molecule has 110 valence electrons. The van der Waals surface area contributed by atoms with Crippen molar-refractivity contribution < 1.29 is 4.79 Å². The molecule has 1 saturated heterocycles. The Hall–Kier alpha value is -1.86. The zero-order valence-electron chi connectivity index (χ0n) is 12.2. The van der Waals surface area contributed by atoms with E-state index < -0.39 is 0 Å². The minimum Gasteiger partial charge on any atom is -0.326 e. The quantitative estimate of drug-likeness (QED) is 0.924. The Morgan fingerprint density at radius 3 is 2.43 bits per heavy atom. The molecule has 4 nitrogen and oxygen atoms in total. The molecular weight excluding hydrogens is 262 g/mol. The molecule has 1 aromatic carbocycles. The van der Waals surface area contributed by atoms with Crippen LogP contribution in [0.25, 0.3) is 0 Å². The molecule has 0 atom stereocenters. The van der Waals surface area contributed by atoms with Gasteiger partial charge in [0.2, 0.25) is 5.91 Å². The van der Waals surface area contributed by atoms with Crippen molar-refractivity contribution >= 4 is 11.6 Å². The summed E-state index contributed by atoms with van der Waals surface area (Å²) in [5.41, 5.74) is 1.38. The smallest absolute Gasteiger partial charge is 0.224 e. The van der Waals surface area contributed by atoms with Gasteiger partial charge in [0.25, 0.3) is 0 Å². The summed E-state index contributed by atoms with van der Waals surface area (Å²) in [6.45, 7) is 2.30. The highest BCUT2D eigenvalue weighted by molar-refractivity contribution is 5.90. The fraction of sp³-hybridized carbons (Fsp3) is 0.529. The third kappa shape index (κ3) is 3.83. The molecule has 0 radical (unpaired) electrons. The highest BCUT2D eigenvalue weighted by Crippen LogP contribution is 2.31. The van der Waals surface area contributed by atoms with Crippen LogP contribution in [0.4, 0.5) is 5.69 Å². The first-order valence-electron chi connectivity index (χ1n) is 7.78. The van der Waals surface area contributed by atoms with Gasteiger partial charge in [0.05, 0.1) is 11.6 Å². The normalized spacial score (nSPS) is 20.0. The molecule has 2 fully saturated rings. The summed E-state index contributed by atoms with van der Waals surface area (Å²) >= 11 is 0. The maximum Gasteiger partial charge on any atom is 0.224 e. The molecule has 1 aliphatic carbocycles. The molecule has 0 bridgehead atoms. The van der Waals surface area contributed by atoms with E-state index in [1.165, 1.54) is 12.8 Å². The van der Waals surface area contributed by atoms with E-state index in [2.05, 4.69) is 16.3 Å². The van der Waals surface area contributed by atoms with Gasteiger partial charge in [-0.2, -0.15) is 5.26 Å². The molecule has 1 amide bonds. The predicted octanol–water partition coefficient (Wildman–Crippen LogP) is 2.76. The van der Waals surface area contributed by atoms with Crippen molar-refractivity contribution in [3.63, 3.8) is 0 Å². The minimum absolute atomic E-state index is 0.0876. The van der Waals surface area contributed by atoms with Gasteiger partial charge < -0.3 is 10.2 Å². The fourth-order valence-electron chi connectivity index (χ4n) is 3.06. The SMILES string of the molecule is N#Cc1ccc(NC(=O)CC2CCN(C3CC3)CC2)cc1. The number of benzene rings is 1. The number of nitrogens with one attached hydrogen (secondary N) is 1. The number of rotatable bonds is 4. The van der Waals surface area contributed by atoms with E-state index in [1.807, 2.05) is 0 Å². The molecule has 0 spiro atoms. The monoisotopic (exact) mass is 283 g/mol. The van der Waals surface area contributed by atoms with E-state index in [4.69, 9.17) is 5.26 Å². The van der Waals surface area contributed by atoms with Crippen LogP contribution in [0.1, 0.15) is 37.7 Å². The topological polar surface area (TPSA) is 56.1 Å². The number of piperidine rings is 1. The van der Waals surface area contributed by atoms with E-state index in [0.717, 1.165) is 37.7 Å². The second-order valence-electron chi connectivity index (χ2n) is 6.15. The lowest BCUT2D eigenvalue weighted by Gasteiger charge is -2.31. The Morgan fingerprint density at radius 2 is 1.86 bits per heavy atom. The third-order valence-electron chi connectivity index (χ3n) is 4.48. The number of carbonyl (C=O) groups is 1. The number of nitrogens with zero attached hydrogens (tertiary/aromatic N) is 2. The Bertz CT molecular complexity index is 534. The van der Waals surface area contributed by atoms with E-state index in [9.17, 15) is 4.79 Å². The second kappa shape index (κ2) is 6.28. The van der Waals surface area contributed by atoms with Crippen LogP contribution in [0, 0.1) is 17.2 Å². The number of hydrogen-bond donors (Lipinski definition) is 1. The average Bonchev–Trinajstić information content (AvgIpc) is 3.33. The lowest BCUT2D eigenvalue weighted by atomic mass is 9.93. The van der Waals surface area contributed by atoms with Gasteiger partial charge in [0.1, 0.15) is 0 Å². The first-order valence-corrected chi connectivity index (χ1v) is 7.78. The highest BCUT2D eigenvalue weighted by atomic mass is 16.1. The summed E-state index contributed by atoms with van der Waals surface area (Å²) in [6.07, 6.45) is 5.61. The average molecular weight is 283 g/mol. The van der Waals surface area contributed by atoms with Crippen molar-refractivity contribution in [2.24, 2.45) is 5.92 Å². The summed E-state index contributed by atoms with van der Waals surface area (Å²) in [4.78, 5) is 14.7. The lowest BCUT2D eigenvalue weighted by Crippen LogP contribution is -2.36. The fourth-order valence-corrected chi connectivity index (χ4v) is 3.06. The molecule has 0 unspecified atom stereocenters. The molecule has 1 aromatic rings. The molecule has 4 heteroatoms. The molecule has 21 heavy (non-hydrogen) atoms. The zero-order valence-corrected chi connectivity index (χ0v) is 12.2. The first-order chi connectivity index (χ1) is 10.2. The first kappa shape index (κ1) is 14.1. The van der Waals surface area contributed by atoms with Gasteiger partial charge in [0, 0.05) is 18.2 Å². The molecule has 2 aliphatic rings. The number of nitriles is 1. The predicted molar refractivity (Wildman–Crippen MR) is 81.7 cm³/mol. The van der Waals surface area contributed by atoms with Crippen LogP contribution >= 0.6 is 0 Å². The maximum absolute atomic E-state index is 12.1. The Morgan fingerprint density at radius 1 is 1.19 bits per heavy atom. The van der Waals surface area contributed by atoms with Crippen LogP contribution in [-0.4, -0.2) is 29.9 Å². The van der Waals surface area contributed by atoms with Gasteiger partial charge in [-0.05, 0) is 69.0 Å². The Labute approximate surface area is 125 Å². The molecule has 1 saturated carbocycles. The van der Waals surface area contributed by atoms with Gasteiger partial charge in [0.15, 0.2) is 0 Å². The van der Waals surface area contributed by atoms with Gasteiger partial charge in [-0.1, -0.05) is 0 Å². The van der Waals surface area contributed by atoms with Crippen LogP contribution in [-0.2, 0) is 4.79 Å². The van der Waals surface area contributed by atoms with Crippen molar-refractivity contribution in [3.05, 3.63) is 29.8 Å². The minimum atomic E-state index is 0.0876. The molecule has 1 aliphatic heterocycles. The molecule has 1 N–H and O–H groups in total. The van der Waals surface area contributed by atoms with E-state index in [0.29, 0.717) is 17.9 Å². The number of amides is 1. The number of hydrogen-bond acceptors (Lipinski definition) is 3. The maximum atomic E-state index is 12.1. The van der Waals surface area contributed by atoms with Crippen molar-refractivity contribution in [3.8, 4) is 6.07 Å². The van der Waals surface area contributed by atoms with Crippen molar-refractivity contribution in [2.75, 3.05) is 18.4 Å². The lowest BCUT2D eigenvalue weighted by molar-refractivity contribution is -0.117. The molecule has 1 heterocycles. The van der Waals surface area contributed by atoms with Crippen molar-refractivity contribution in [2.45, 2.75) is 38.1 Å². The van der Waals surface area contributed by atoms with Crippen LogP contribution in [0.2, 0.25) is 0 Å². The van der Waals surface area contributed by atoms with Gasteiger partial charge in [-0.15, -0.1) is 0 Å². The van der Waals surface area contributed by atoms with Crippen LogP contribution < -0.4 is 5.32 Å². The van der Waals surface area contributed by atoms with Crippen molar-refractivity contribution in [1.29, 1.82) is 5.26 Å². The van der Waals surface area contributed by atoms with E-state index in [1.54, 1.807) is 24.3 Å². The van der Waals surface area contributed by atoms with E-state index >= 15 is 0 Å². The number of anilines is 1. The number of carbonyl (C=O) groups excluding carboxylic acids is 1. The summed E-state index contributed by atoms with van der Waals surface area (Å²) in [5.74, 6) is 0.600. The summed E-state index contributed by atoms with van der Waals surface area (Å²) in [7, 11) is 0. The van der Waals surface area contributed by atoms with Gasteiger partial charge >= 0.3 is 0 Å². The third-order valence-corrected chi connectivity index (χ3v) is 4.48. The number of likely N-dealkylation sites (tertiary alicyclic amines) is 1. The van der Waals surface area contributed by atoms with Gasteiger partial charge in [-0.3, -0.25) is 4.79 Å². The molecular formula is C17H21N3O. The summed E-state index contributed by atoms with van der Waals surface area (Å²) < 4.78 is 0. The van der Waals surface area contributed by atoms with E-state index in [-0.39, 0.29) is 5.91 Å². The van der Waals surface area contributed by atoms with Crippen LogP contribution in [0.5, 0.6) is 0 Å². The van der Waals surface area contributed by atoms with Crippen molar-refractivity contribution in [1.82, 2.24) is 4.90 Å². The summed E-state index contributed by atoms with van der Waals surface area (Å²) in [5, 5.41) is 11.7.